The average molecular weight is 239 g/mol. The monoisotopic (exact) mass is 239 g/mol. The standard InChI is InChI=1S/C14H13N3O/c1-10-7-11(2)17(14(18)13(10)8-15)9-12-3-5-16-6-4-12/h3-7H,9H2,1-2H3. The first-order valence-electron chi connectivity index (χ1n) is 5.63. The molecule has 90 valence electrons. The summed E-state index contributed by atoms with van der Waals surface area (Å²) < 4.78 is 1.61. The van der Waals surface area contributed by atoms with Crippen molar-refractivity contribution >= 4 is 0 Å². The van der Waals surface area contributed by atoms with Crippen LogP contribution in [0.25, 0.3) is 0 Å². The SMILES string of the molecule is Cc1cc(C)n(Cc2ccncc2)c(=O)c1C#N. The van der Waals surface area contributed by atoms with E-state index < -0.39 is 0 Å². The number of aryl methyl sites for hydroxylation is 2. The molecule has 0 N–H and O–H groups in total. The van der Waals surface area contributed by atoms with E-state index in [-0.39, 0.29) is 11.1 Å². The van der Waals surface area contributed by atoms with Crippen molar-refractivity contribution in [3.8, 4) is 6.07 Å². The Morgan fingerprint density at radius 1 is 1.33 bits per heavy atom. The van der Waals surface area contributed by atoms with Crippen LogP contribution in [0.5, 0.6) is 0 Å². The quantitative estimate of drug-likeness (QED) is 0.802. The van der Waals surface area contributed by atoms with Gasteiger partial charge in [-0.25, -0.2) is 0 Å². The number of pyridine rings is 2. The highest BCUT2D eigenvalue weighted by atomic mass is 16.1. The Kier molecular flexibility index (Phi) is 3.24. The molecule has 4 heteroatoms. The van der Waals surface area contributed by atoms with Gasteiger partial charge in [-0.15, -0.1) is 0 Å². The van der Waals surface area contributed by atoms with Gasteiger partial charge in [0.15, 0.2) is 0 Å². The zero-order valence-electron chi connectivity index (χ0n) is 10.3. The first-order chi connectivity index (χ1) is 8.63. The van der Waals surface area contributed by atoms with E-state index in [1.807, 2.05) is 31.2 Å². The van der Waals surface area contributed by atoms with Crippen LogP contribution in [0.2, 0.25) is 0 Å². The van der Waals surface area contributed by atoms with Gasteiger partial charge in [0.05, 0.1) is 6.54 Å². The maximum Gasteiger partial charge on any atom is 0.269 e. The molecule has 2 rings (SSSR count). The Balaban J connectivity index is 2.53. The molecular formula is C14H13N3O. The molecule has 0 saturated heterocycles. The molecule has 4 nitrogen and oxygen atoms in total. The Labute approximate surface area is 105 Å². The Hall–Kier alpha value is -2.41. The smallest absolute Gasteiger partial charge is 0.269 e. The van der Waals surface area contributed by atoms with Gasteiger partial charge in [0.1, 0.15) is 11.6 Å². The highest BCUT2D eigenvalue weighted by Crippen LogP contribution is 2.07. The molecule has 2 aromatic heterocycles. The Bertz CT molecular complexity index is 666. The summed E-state index contributed by atoms with van der Waals surface area (Å²) in [5, 5.41) is 9.01. The van der Waals surface area contributed by atoms with Gasteiger partial charge in [-0.2, -0.15) is 5.26 Å². The van der Waals surface area contributed by atoms with Gasteiger partial charge in [-0.1, -0.05) is 0 Å². The third kappa shape index (κ3) is 2.16. The minimum atomic E-state index is -0.230. The van der Waals surface area contributed by atoms with Gasteiger partial charge in [0.2, 0.25) is 0 Å². The van der Waals surface area contributed by atoms with E-state index in [4.69, 9.17) is 5.26 Å². The zero-order chi connectivity index (χ0) is 13.1. The molecule has 0 unspecified atom stereocenters. The number of nitriles is 1. The summed E-state index contributed by atoms with van der Waals surface area (Å²) in [4.78, 5) is 16.1. The molecule has 0 fully saturated rings. The predicted octanol–water partition coefficient (Wildman–Crippen LogP) is 1.78. The minimum Gasteiger partial charge on any atom is -0.307 e. The molecule has 18 heavy (non-hydrogen) atoms. The van der Waals surface area contributed by atoms with Crippen molar-refractivity contribution in [2.24, 2.45) is 0 Å². The molecule has 0 spiro atoms. The van der Waals surface area contributed by atoms with Crippen LogP contribution in [-0.2, 0) is 6.54 Å². The lowest BCUT2D eigenvalue weighted by Gasteiger charge is -2.11. The molecule has 0 bridgehead atoms. The van der Waals surface area contributed by atoms with Crippen molar-refractivity contribution in [2.45, 2.75) is 20.4 Å². The van der Waals surface area contributed by atoms with Crippen molar-refractivity contribution in [1.29, 1.82) is 5.26 Å². The maximum atomic E-state index is 12.2. The summed E-state index contributed by atoms with van der Waals surface area (Å²) in [5.41, 5.74) is 2.56. The van der Waals surface area contributed by atoms with E-state index in [1.54, 1.807) is 23.9 Å². The first-order valence-corrected chi connectivity index (χ1v) is 5.63. The molecule has 0 saturated carbocycles. The largest absolute Gasteiger partial charge is 0.307 e. The van der Waals surface area contributed by atoms with Crippen molar-refractivity contribution in [1.82, 2.24) is 9.55 Å². The van der Waals surface area contributed by atoms with Gasteiger partial charge in [-0.3, -0.25) is 9.78 Å². The van der Waals surface area contributed by atoms with Crippen LogP contribution < -0.4 is 5.56 Å². The summed E-state index contributed by atoms with van der Waals surface area (Å²) >= 11 is 0. The van der Waals surface area contributed by atoms with Crippen molar-refractivity contribution < 1.29 is 0 Å². The molecule has 0 atom stereocenters. The van der Waals surface area contributed by atoms with Gasteiger partial charge < -0.3 is 4.57 Å². The van der Waals surface area contributed by atoms with Crippen LogP contribution in [-0.4, -0.2) is 9.55 Å². The third-order valence-corrected chi connectivity index (χ3v) is 2.91. The maximum absolute atomic E-state index is 12.2. The number of hydrogen-bond acceptors (Lipinski definition) is 3. The fourth-order valence-corrected chi connectivity index (χ4v) is 1.93. The first kappa shape index (κ1) is 12.1. The second-order valence-electron chi connectivity index (χ2n) is 4.20. The summed E-state index contributed by atoms with van der Waals surface area (Å²) in [6.45, 7) is 4.11. The third-order valence-electron chi connectivity index (χ3n) is 2.91. The minimum absolute atomic E-state index is 0.217. The number of rotatable bonds is 2. The van der Waals surface area contributed by atoms with E-state index >= 15 is 0 Å². The summed E-state index contributed by atoms with van der Waals surface area (Å²) in [7, 11) is 0. The van der Waals surface area contributed by atoms with Gasteiger partial charge in [0, 0.05) is 18.1 Å². The van der Waals surface area contributed by atoms with Gasteiger partial charge in [0.25, 0.3) is 5.56 Å². The van der Waals surface area contributed by atoms with Crippen LogP contribution >= 0.6 is 0 Å². The Morgan fingerprint density at radius 2 is 2.00 bits per heavy atom. The molecule has 0 radical (unpaired) electrons. The molecule has 0 aliphatic rings. The number of aromatic nitrogens is 2. The zero-order valence-corrected chi connectivity index (χ0v) is 10.3. The predicted molar refractivity (Wildman–Crippen MR) is 68.2 cm³/mol. The lowest BCUT2D eigenvalue weighted by atomic mass is 10.1. The number of hydrogen-bond donors (Lipinski definition) is 0. The summed E-state index contributed by atoms with van der Waals surface area (Å²) in [6.07, 6.45) is 3.38. The molecule has 0 aliphatic heterocycles. The summed E-state index contributed by atoms with van der Waals surface area (Å²) in [6, 6.07) is 7.55. The molecule has 2 aromatic rings. The Morgan fingerprint density at radius 3 is 2.61 bits per heavy atom. The van der Waals surface area contributed by atoms with Crippen LogP contribution in [0.4, 0.5) is 0 Å². The van der Waals surface area contributed by atoms with E-state index in [2.05, 4.69) is 4.98 Å². The van der Waals surface area contributed by atoms with E-state index in [1.165, 1.54) is 0 Å². The summed E-state index contributed by atoms with van der Waals surface area (Å²) in [5.74, 6) is 0. The van der Waals surface area contributed by atoms with Crippen molar-refractivity contribution in [3.05, 3.63) is 63.3 Å². The van der Waals surface area contributed by atoms with E-state index in [9.17, 15) is 4.79 Å². The second kappa shape index (κ2) is 4.84. The average Bonchev–Trinajstić information content (AvgIpc) is 2.36. The van der Waals surface area contributed by atoms with Crippen LogP contribution in [0.3, 0.4) is 0 Å². The second-order valence-corrected chi connectivity index (χ2v) is 4.20. The highest BCUT2D eigenvalue weighted by molar-refractivity contribution is 5.36. The fourth-order valence-electron chi connectivity index (χ4n) is 1.93. The fraction of sp³-hybridized carbons (Fsp3) is 0.214. The highest BCUT2D eigenvalue weighted by Gasteiger charge is 2.09. The molecule has 0 aliphatic carbocycles. The van der Waals surface area contributed by atoms with Crippen LogP contribution in [0.1, 0.15) is 22.4 Å². The molecule has 0 aromatic carbocycles. The lowest BCUT2D eigenvalue weighted by molar-refractivity contribution is 0.723. The molecule has 0 amide bonds. The topological polar surface area (TPSA) is 58.7 Å². The van der Waals surface area contributed by atoms with Gasteiger partial charge in [-0.05, 0) is 43.2 Å². The molecule has 2 heterocycles. The number of nitrogens with zero attached hydrogens (tertiary/aromatic N) is 3. The van der Waals surface area contributed by atoms with Crippen molar-refractivity contribution in [2.75, 3.05) is 0 Å². The van der Waals surface area contributed by atoms with E-state index in [0.717, 1.165) is 16.8 Å². The lowest BCUT2D eigenvalue weighted by Crippen LogP contribution is -2.26. The normalized spacial score (nSPS) is 10.1. The van der Waals surface area contributed by atoms with Gasteiger partial charge >= 0.3 is 0 Å². The molecular weight excluding hydrogens is 226 g/mol. The van der Waals surface area contributed by atoms with E-state index in [0.29, 0.717) is 6.54 Å². The van der Waals surface area contributed by atoms with Crippen LogP contribution in [0, 0.1) is 25.2 Å². The van der Waals surface area contributed by atoms with Crippen LogP contribution in [0.15, 0.2) is 35.4 Å². The van der Waals surface area contributed by atoms with Crippen molar-refractivity contribution in [3.63, 3.8) is 0 Å².